The van der Waals surface area contributed by atoms with E-state index in [0.717, 1.165) is 108 Å². The molecule has 0 aliphatic rings. The second-order valence-electron chi connectivity index (χ2n) is 32.8. The largest absolute Gasteiger partial charge is 0.472 e. The molecule has 3 unspecified atom stereocenters. The SMILES string of the molecule is CCCCCCCCCCCCCCCC(=O)O[C@H](COC(=O)CCCCCCCCCCC(C)C)COP(=O)(O)OC[C@H](O)COP(=O)(O)OC[C@@H](COC(=O)CCCCCCCCCCCCCCCCCCCCC(C)C)OC(=O)CCCCCCCCCCCCCCCCCCCCC(C)CC. The van der Waals surface area contributed by atoms with Crippen molar-refractivity contribution in [1.82, 2.24) is 0 Å². The van der Waals surface area contributed by atoms with Gasteiger partial charge in [0.2, 0.25) is 0 Å². The summed E-state index contributed by atoms with van der Waals surface area (Å²) in [5.74, 6) is 0.318. The first-order chi connectivity index (χ1) is 51.8. The Labute approximate surface area is 658 Å². The number of esters is 4. The smallest absolute Gasteiger partial charge is 0.462 e. The van der Waals surface area contributed by atoms with Crippen molar-refractivity contribution >= 4 is 39.5 Å². The van der Waals surface area contributed by atoms with E-state index in [1.807, 2.05) is 0 Å². The Kier molecular flexibility index (Phi) is 76.6. The van der Waals surface area contributed by atoms with Crippen molar-refractivity contribution in [2.75, 3.05) is 39.6 Å². The second-order valence-corrected chi connectivity index (χ2v) is 35.7. The van der Waals surface area contributed by atoms with Crippen molar-refractivity contribution in [3.05, 3.63) is 0 Å². The van der Waals surface area contributed by atoms with Crippen LogP contribution in [0, 0.1) is 17.8 Å². The van der Waals surface area contributed by atoms with Crippen LogP contribution in [0.25, 0.3) is 0 Å². The number of phosphoric acid groups is 2. The van der Waals surface area contributed by atoms with Crippen LogP contribution in [0.2, 0.25) is 0 Å². The van der Waals surface area contributed by atoms with Gasteiger partial charge in [-0.1, -0.05) is 414 Å². The maximum Gasteiger partial charge on any atom is 0.472 e. The molecule has 0 aliphatic heterocycles. The van der Waals surface area contributed by atoms with E-state index in [9.17, 15) is 43.2 Å². The third-order valence-corrected chi connectivity index (χ3v) is 22.9. The van der Waals surface area contributed by atoms with Crippen LogP contribution < -0.4 is 0 Å². The average molecular weight is 1560 g/mol. The van der Waals surface area contributed by atoms with E-state index in [4.69, 9.17) is 37.0 Å². The summed E-state index contributed by atoms with van der Waals surface area (Å²) in [6.45, 7) is 12.1. The van der Waals surface area contributed by atoms with Gasteiger partial charge in [0.1, 0.15) is 19.3 Å². The van der Waals surface area contributed by atoms with Crippen LogP contribution in [0.15, 0.2) is 0 Å². The number of hydrogen-bond donors (Lipinski definition) is 3. The van der Waals surface area contributed by atoms with Crippen molar-refractivity contribution in [3.8, 4) is 0 Å². The first kappa shape index (κ1) is 105. The van der Waals surface area contributed by atoms with E-state index in [-0.39, 0.29) is 25.7 Å². The van der Waals surface area contributed by atoms with Gasteiger partial charge in [0.25, 0.3) is 0 Å². The molecular formula is C88H172O17P2. The summed E-state index contributed by atoms with van der Waals surface area (Å²) in [7, 11) is -9.93. The minimum atomic E-state index is -4.97. The molecule has 636 valence electrons. The predicted molar refractivity (Wildman–Crippen MR) is 441 cm³/mol. The molecule has 0 aliphatic carbocycles. The molecule has 17 nitrogen and oxygen atoms in total. The van der Waals surface area contributed by atoms with Gasteiger partial charge in [0, 0.05) is 25.7 Å². The number of carbonyl (C=O) groups excluding carboxylic acids is 4. The minimum Gasteiger partial charge on any atom is -0.462 e. The molecule has 0 radical (unpaired) electrons. The number of hydrogen-bond acceptors (Lipinski definition) is 15. The molecule has 19 heteroatoms. The van der Waals surface area contributed by atoms with Gasteiger partial charge in [-0.05, 0) is 43.4 Å². The van der Waals surface area contributed by atoms with Gasteiger partial charge in [-0.3, -0.25) is 37.3 Å². The monoisotopic (exact) mass is 1560 g/mol. The molecule has 0 amide bonds. The Morgan fingerprint density at radius 1 is 0.271 bits per heavy atom. The zero-order valence-corrected chi connectivity index (χ0v) is 72.4. The van der Waals surface area contributed by atoms with Crippen molar-refractivity contribution in [3.63, 3.8) is 0 Å². The lowest BCUT2D eigenvalue weighted by Crippen LogP contribution is -2.30. The molecule has 3 N–H and O–H groups in total. The van der Waals surface area contributed by atoms with Gasteiger partial charge < -0.3 is 33.8 Å². The zero-order valence-electron chi connectivity index (χ0n) is 70.6. The minimum absolute atomic E-state index is 0.107. The van der Waals surface area contributed by atoms with Crippen molar-refractivity contribution in [1.29, 1.82) is 0 Å². The number of rotatable bonds is 86. The fraction of sp³-hybridized carbons (Fsp3) is 0.955. The van der Waals surface area contributed by atoms with Gasteiger partial charge in [-0.2, -0.15) is 0 Å². The fourth-order valence-corrected chi connectivity index (χ4v) is 15.3. The lowest BCUT2D eigenvalue weighted by atomic mass is 9.99. The molecule has 0 aromatic carbocycles. The van der Waals surface area contributed by atoms with Gasteiger partial charge >= 0.3 is 39.5 Å². The van der Waals surface area contributed by atoms with E-state index >= 15 is 0 Å². The zero-order chi connectivity index (χ0) is 78.6. The third kappa shape index (κ3) is 80.5. The first-order valence-corrected chi connectivity index (χ1v) is 48.4. The highest BCUT2D eigenvalue weighted by atomic mass is 31.2. The predicted octanol–water partition coefficient (Wildman–Crippen LogP) is 26.9. The van der Waals surface area contributed by atoms with Gasteiger partial charge in [0.15, 0.2) is 12.2 Å². The summed E-state index contributed by atoms with van der Waals surface area (Å²) >= 11 is 0. The highest BCUT2D eigenvalue weighted by Crippen LogP contribution is 2.45. The molecule has 107 heavy (non-hydrogen) atoms. The highest BCUT2D eigenvalue weighted by molar-refractivity contribution is 7.47. The van der Waals surface area contributed by atoms with Crippen LogP contribution in [0.5, 0.6) is 0 Å². The lowest BCUT2D eigenvalue weighted by molar-refractivity contribution is -0.161. The topological polar surface area (TPSA) is 237 Å². The third-order valence-electron chi connectivity index (χ3n) is 21.0. The van der Waals surface area contributed by atoms with Gasteiger partial charge in [-0.25, -0.2) is 9.13 Å². The molecule has 0 saturated heterocycles. The Balaban J connectivity index is 5.21. The van der Waals surface area contributed by atoms with E-state index < -0.39 is 97.5 Å². The van der Waals surface area contributed by atoms with Crippen molar-refractivity contribution < 1.29 is 80.2 Å². The molecule has 0 fully saturated rings. The summed E-state index contributed by atoms with van der Waals surface area (Å²) in [5, 5.41) is 10.7. The number of aliphatic hydroxyl groups excluding tert-OH is 1. The number of carbonyl (C=O) groups is 4. The van der Waals surface area contributed by atoms with Crippen molar-refractivity contribution in [2.45, 2.75) is 484 Å². The summed E-state index contributed by atoms with van der Waals surface area (Å²) < 4.78 is 68.9. The van der Waals surface area contributed by atoms with Gasteiger partial charge in [-0.15, -0.1) is 0 Å². The second kappa shape index (κ2) is 78.0. The molecule has 0 bridgehead atoms. The number of aliphatic hydroxyl groups is 1. The molecule has 0 rings (SSSR count). The molecule has 0 aromatic rings. The van der Waals surface area contributed by atoms with E-state index in [1.54, 1.807) is 0 Å². The summed E-state index contributed by atoms with van der Waals surface area (Å²) in [6, 6.07) is 0. The molecule has 0 spiro atoms. The number of ether oxygens (including phenoxy) is 4. The summed E-state index contributed by atoms with van der Waals surface area (Å²) in [6.07, 6.45) is 69.5. The van der Waals surface area contributed by atoms with Crippen LogP contribution in [0.1, 0.15) is 466 Å². The van der Waals surface area contributed by atoms with E-state index in [2.05, 4.69) is 48.5 Å². The standard InChI is InChI=1S/C88H172O17P2/c1-8-10-11-12-13-14-15-28-36-41-50-57-64-71-87(92)105-84(76-99-86(91)70-63-56-49-44-43-46-53-60-67-80(5)6)78-103-107(96,97)101-74-82(89)73-100-106(94,95)102-77-83(75-98-85(90)69-62-55-48-40-35-31-26-22-18-16-20-24-29-33-38-45-52-59-66-79(3)4)104-88(93)72-65-58-51-42-37-32-27-23-19-17-21-25-30-34-39-47-54-61-68-81(7)9-2/h79-84,89H,8-78H2,1-7H3,(H,94,95)(H,96,97)/t81?,82-,83-,84-/m1/s1. The van der Waals surface area contributed by atoms with E-state index in [0.29, 0.717) is 25.7 Å². The van der Waals surface area contributed by atoms with Crippen LogP contribution in [0.4, 0.5) is 0 Å². The van der Waals surface area contributed by atoms with E-state index in [1.165, 1.54) is 276 Å². The molecular weight excluding hydrogens is 1390 g/mol. The van der Waals surface area contributed by atoms with Gasteiger partial charge in [0.05, 0.1) is 26.4 Å². The Morgan fingerprint density at radius 2 is 0.477 bits per heavy atom. The highest BCUT2D eigenvalue weighted by Gasteiger charge is 2.31. The van der Waals surface area contributed by atoms with Crippen LogP contribution in [0.3, 0.4) is 0 Å². The maximum absolute atomic E-state index is 13.2. The lowest BCUT2D eigenvalue weighted by Gasteiger charge is -2.21. The number of phosphoric ester groups is 2. The molecule has 0 saturated carbocycles. The molecule has 0 heterocycles. The molecule has 6 atom stereocenters. The first-order valence-electron chi connectivity index (χ1n) is 45.4. The Morgan fingerprint density at radius 3 is 0.710 bits per heavy atom. The summed E-state index contributed by atoms with van der Waals surface area (Å²) in [4.78, 5) is 73.2. The summed E-state index contributed by atoms with van der Waals surface area (Å²) in [5.41, 5.74) is 0. The van der Waals surface area contributed by atoms with Crippen molar-refractivity contribution in [2.24, 2.45) is 17.8 Å². The van der Waals surface area contributed by atoms with Crippen LogP contribution in [-0.2, 0) is 65.4 Å². The van der Waals surface area contributed by atoms with Crippen LogP contribution >= 0.6 is 15.6 Å². The van der Waals surface area contributed by atoms with Crippen LogP contribution in [-0.4, -0.2) is 96.7 Å². The number of unbranched alkanes of at least 4 members (excludes halogenated alkanes) is 53. The Hall–Kier alpha value is -1.94. The maximum atomic E-state index is 13.2. The average Bonchev–Trinajstić information content (AvgIpc) is 0.915. The normalized spacial score (nSPS) is 14.1. The molecule has 0 aromatic heterocycles. The fourth-order valence-electron chi connectivity index (χ4n) is 13.7. The quantitative estimate of drug-likeness (QED) is 0.0222. The Bertz CT molecular complexity index is 2060.